The Morgan fingerprint density at radius 1 is 1.55 bits per heavy atom. The Kier molecular flexibility index (Phi) is 5.78. The van der Waals surface area contributed by atoms with E-state index in [1.807, 2.05) is 4.90 Å². The second kappa shape index (κ2) is 7.40. The fourth-order valence-electron chi connectivity index (χ4n) is 3.05. The van der Waals surface area contributed by atoms with Crippen LogP contribution in [-0.2, 0) is 16.1 Å². The van der Waals surface area contributed by atoms with Crippen LogP contribution in [0.15, 0.2) is 18.2 Å². The molecule has 122 valence electrons. The molecule has 1 N–H and O–H groups in total. The number of rotatable bonds is 6. The fraction of sp³-hybridized carbons (Fsp3) is 0.562. The van der Waals surface area contributed by atoms with Gasteiger partial charge in [0.15, 0.2) is 0 Å². The van der Waals surface area contributed by atoms with Crippen molar-refractivity contribution in [1.29, 1.82) is 0 Å². The summed E-state index contributed by atoms with van der Waals surface area (Å²) in [6.07, 6.45) is 1.84. The predicted octanol–water partition coefficient (Wildman–Crippen LogP) is 3.18. The lowest BCUT2D eigenvalue weighted by Gasteiger charge is -2.40. The molecule has 0 radical (unpaired) electrons. The average Bonchev–Trinajstić information content (AvgIpc) is 2.49. The second-order valence-electron chi connectivity index (χ2n) is 5.84. The summed E-state index contributed by atoms with van der Waals surface area (Å²) in [6, 6.07) is 4.59. The Morgan fingerprint density at radius 3 is 2.95 bits per heavy atom. The molecule has 1 fully saturated rings. The number of halogens is 2. The van der Waals surface area contributed by atoms with Crippen LogP contribution in [0.3, 0.4) is 0 Å². The van der Waals surface area contributed by atoms with Gasteiger partial charge in [-0.2, -0.15) is 0 Å². The average molecular weight is 330 g/mol. The number of ether oxygens (including phenoxy) is 1. The van der Waals surface area contributed by atoms with E-state index in [1.54, 1.807) is 19.2 Å². The maximum Gasteiger partial charge on any atom is 0.311 e. The van der Waals surface area contributed by atoms with Crippen LogP contribution in [-0.4, -0.2) is 42.8 Å². The number of benzene rings is 1. The molecular weight excluding hydrogens is 309 g/mol. The molecule has 1 aliphatic rings. The number of piperidine rings is 1. The van der Waals surface area contributed by atoms with E-state index in [4.69, 9.17) is 16.3 Å². The number of aliphatic carboxylic acids is 1. The van der Waals surface area contributed by atoms with E-state index in [1.165, 1.54) is 6.07 Å². The lowest BCUT2D eigenvalue weighted by Crippen LogP contribution is -2.48. The molecular formula is C16H21ClFNO3. The molecule has 1 saturated heterocycles. The maximum atomic E-state index is 13.9. The third kappa shape index (κ3) is 3.77. The molecule has 1 aromatic rings. The summed E-state index contributed by atoms with van der Waals surface area (Å²) in [6.45, 7) is 1.86. The Balaban J connectivity index is 2.14. The van der Waals surface area contributed by atoms with Gasteiger partial charge in [0.05, 0.1) is 5.41 Å². The number of hydrogen-bond acceptors (Lipinski definition) is 3. The first kappa shape index (κ1) is 17.2. The minimum atomic E-state index is -0.827. The van der Waals surface area contributed by atoms with E-state index in [0.717, 1.165) is 13.0 Å². The zero-order valence-corrected chi connectivity index (χ0v) is 13.4. The Labute approximate surface area is 134 Å². The molecule has 1 heterocycles. The number of methoxy groups -OCH3 is 1. The van der Waals surface area contributed by atoms with Gasteiger partial charge < -0.3 is 9.84 Å². The van der Waals surface area contributed by atoms with Gasteiger partial charge in [0.2, 0.25) is 0 Å². The van der Waals surface area contributed by atoms with Gasteiger partial charge in [0.1, 0.15) is 5.82 Å². The van der Waals surface area contributed by atoms with Crippen molar-refractivity contribution in [3.8, 4) is 0 Å². The van der Waals surface area contributed by atoms with E-state index in [-0.39, 0.29) is 5.82 Å². The molecule has 0 bridgehead atoms. The summed E-state index contributed by atoms with van der Waals surface area (Å²) >= 11 is 6.06. The van der Waals surface area contributed by atoms with Gasteiger partial charge in [-0.1, -0.05) is 17.7 Å². The highest BCUT2D eigenvalue weighted by Crippen LogP contribution is 2.35. The smallest absolute Gasteiger partial charge is 0.311 e. The zero-order chi connectivity index (χ0) is 16.2. The van der Waals surface area contributed by atoms with Crippen molar-refractivity contribution >= 4 is 17.6 Å². The normalized spacial score (nSPS) is 22.7. The Morgan fingerprint density at radius 2 is 2.32 bits per heavy atom. The molecule has 0 spiro atoms. The third-order valence-corrected chi connectivity index (χ3v) is 4.69. The van der Waals surface area contributed by atoms with Crippen LogP contribution >= 0.6 is 11.6 Å². The van der Waals surface area contributed by atoms with Crippen molar-refractivity contribution in [3.63, 3.8) is 0 Å². The van der Waals surface area contributed by atoms with Crippen molar-refractivity contribution in [2.75, 3.05) is 26.8 Å². The molecule has 0 unspecified atom stereocenters. The first-order valence-corrected chi connectivity index (χ1v) is 7.74. The molecule has 0 aliphatic carbocycles. The minimum Gasteiger partial charge on any atom is -0.481 e. The van der Waals surface area contributed by atoms with E-state index in [2.05, 4.69) is 0 Å². The lowest BCUT2D eigenvalue weighted by atomic mass is 9.77. The minimum absolute atomic E-state index is 0.327. The predicted molar refractivity (Wildman–Crippen MR) is 82.5 cm³/mol. The van der Waals surface area contributed by atoms with Crippen molar-refractivity contribution < 1.29 is 19.0 Å². The highest BCUT2D eigenvalue weighted by molar-refractivity contribution is 6.31. The van der Waals surface area contributed by atoms with E-state index in [0.29, 0.717) is 43.1 Å². The molecule has 2 rings (SSSR count). The van der Waals surface area contributed by atoms with Crippen LogP contribution in [0.5, 0.6) is 0 Å². The third-order valence-electron chi connectivity index (χ3n) is 4.34. The highest BCUT2D eigenvalue weighted by atomic mass is 35.5. The maximum absolute atomic E-state index is 13.9. The van der Waals surface area contributed by atoms with Gasteiger partial charge in [-0.3, -0.25) is 9.69 Å². The van der Waals surface area contributed by atoms with Crippen LogP contribution in [0, 0.1) is 11.2 Å². The molecule has 6 heteroatoms. The fourth-order valence-corrected chi connectivity index (χ4v) is 3.27. The number of carboxylic acid groups (broad SMARTS) is 1. The standard InChI is InChI=1S/C16H21ClFNO3/c1-22-9-7-16(15(20)21)6-3-8-19(11-16)10-12-13(17)4-2-5-14(12)18/h2,4-5H,3,6-11H2,1H3,(H,20,21)/t16-/m1/s1. The molecule has 22 heavy (non-hydrogen) atoms. The van der Waals surface area contributed by atoms with Crippen LogP contribution < -0.4 is 0 Å². The molecule has 1 aromatic carbocycles. The zero-order valence-electron chi connectivity index (χ0n) is 12.6. The molecule has 4 nitrogen and oxygen atoms in total. The largest absolute Gasteiger partial charge is 0.481 e. The van der Waals surface area contributed by atoms with Gasteiger partial charge in [0, 0.05) is 37.4 Å². The van der Waals surface area contributed by atoms with E-state index < -0.39 is 11.4 Å². The molecule has 0 saturated carbocycles. The van der Waals surface area contributed by atoms with Crippen LogP contribution in [0.4, 0.5) is 4.39 Å². The SMILES string of the molecule is COCC[C@]1(C(=O)O)CCCN(Cc2c(F)cccc2Cl)C1. The van der Waals surface area contributed by atoms with Crippen LogP contribution in [0.2, 0.25) is 5.02 Å². The molecule has 1 atom stereocenters. The quantitative estimate of drug-likeness (QED) is 0.871. The summed E-state index contributed by atoms with van der Waals surface area (Å²) in [7, 11) is 1.56. The molecule has 1 aliphatic heterocycles. The monoisotopic (exact) mass is 329 g/mol. The van der Waals surface area contributed by atoms with Crippen molar-refractivity contribution in [3.05, 3.63) is 34.6 Å². The topological polar surface area (TPSA) is 49.8 Å². The Bertz CT molecular complexity index is 520. The molecule has 0 amide bonds. The number of hydrogen-bond donors (Lipinski definition) is 1. The number of nitrogens with zero attached hydrogens (tertiary/aromatic N) is 1. The van der Waals surface area contributed by atoms with Gasteiger partial charge in [0.25, 0.3) is 0 Å². The number of carboxylic acids is 1. The van der Waals surface area contributed by atoms with Crippen molar-refractivity contribution in [2.45, 2.75) is 25.8 Å². The van der Waals surface area contributed by atoms with Gasteiger partial charge in [-0.15, -0.1) is 0 Å². The van der Waals surface area contributed by atoms with E-state index in [9.17, 15) is 14.3 Å². The van der Waals surface area contributed by atoms with Crippen molar-refractivity contribution in [2.24, 2.45) is 5.41 Å². The highest BCUT2D eigenvalue weighted by Gasteiger charge is 2.42. The van der Waals surface area contributed by atoms with Gasteiger partial charge in [-0.05, 0) is 37.9 Å². The first-order valence-electron chi connectivity index (χ1n) is 7.36. The second-order valence-corrected chi connectivity index (χ2v) is 6.25. The summed E-state index contributed by atoms with van der Waals surface area (Å²) < 4.78 is 19.0. The lowest BCUT2D eigenvalue weighted by molar-refractivity contribution is -0.154. The van der Waals surface area contributed by atoms with Crippen LogP contribution in [0.25, 0.3) is 0 Å². The van der Waals surface area contributed by atoms with Gasteiger partial charge in [-0.25, -0.2) is 4.39 Å². The Hall–Kier alpha value is -1.17. The van der Waals surface area contributed by atoms with E-state index >= 15 is 0 Å². The summed E-state index contributed by atoms with van der Waals surface area (Å²) in [5.41, 5.74) is -0.400. The van der Waals surface area contributed by atoms with Gasteiger partial charge >= 0.3 is 5.97 Å². The molecule has 0 aromatic heterocycles. The number of carbonyl (C=O) groups is 1. The summed E-state index contributed by atoms with van der Waals surface area (Å²) in [5.74, 6) is -1.16. The van der Waals surface area contributed by atoms with Crippen LogP contribution in [0.1, 0.15) is 24.8 Å². The number of likely N-dealkylation sites (tertiary alicyclic amines) is 1. The summed E-state index contributed by atoms with van der Waals surface area (Å²) in [5, 5.41) is 10.0. The first-order chi connectivity index (χ1) is 10.5. The summed E-state index contributed by atoms with van der Waals surface area (Å²) in [4.78, 5) is 13.7. The van der Waals surface area contributed by atoms with Crippen molar-refractivity contribution in [1.82, 2.24) is 4.90 Å².